The number of rotatable bonds is 8. The van der Waals surface area contributed by atoms with Crippen LogP contribution in [0.1, 0.15) is 13.8 Å². The molecule has 10 heteroatoms. The molecule has 0 fully saturated rings. The highest BCUT2D eigenvalue weighted by atomic mass is 35.5. The zero-order valence-electron chi connectivity index (χ0n) is 9.17. The van der Waals surface area contributed by atoms with E-state index in [4.69, 9.17) is 32.7 Å². The van der Waals surface area contributed by atoms with E-state index < -0.39 is 26.6 Å². The van der Waals surface area contributed by atoms with E-state index in [9.17, 15) is 20.2 Å². The first-order valence-corrected chi connectivity index (χ1v) is 5.34. The molecule has 0 amide bonds. The van der Waals surface area contributed by atoms with E-state index in [0.29, 0.717) is 0 Å². The first kappa shape index (κ1) is 16.3. The first-order valence-electron chi connectivity index (χ1n) is 4.58. The molecule has 0 aliphatic heterocycles. The van der Waals surface area contributed by atoms with Gasteiger partial charge in [0.05, 0.1) is 0 Å². The van der Waals surface area contributed by atoms with Gasteiger partial charge in [0.25, 0.3) is 0 Å². The van der Waals surface area contributed by atoms with Crippen LogP contribution >= 0.6 is 23.2 Å². The molecule has 0 aliphatic rings. The Bertz CT molecular complexity index is 262. The van der Waals surface area contributed by atoms with Gasteiger partial charge in [-0.2, -0.15) is 0 Å². The van der Waals surface area contributed by atoms with E-state index in [0.717, 1.165) is 0 Å². The van der Waals surface area contributed by atoms with Crippen molar-refractivity contribution in [2.75, 3.05) is 13.2 Å². The lowest BCUT2D eigenvalue weighted by Gasteiger charge is -2.20. The topological polar surface area (TPSA) is 105 Å². The van der Waals surface area contributed by atoms with Gasteiger partial charge in [-0.15, -0.1) is 0 Å². The zero-order valence-corrected chi connectivity index (χ0v) is 10.7. The molecular weight excluding hydrogens is 279 g/mol. The van der Waals surface area contributed by atoms with E-state index in [1.807, 2.05) is 0 Å². The van der Waals surface area contributed by atoms with Crippen LogP contribution in [0.3, 0.4) is 0 Å². The fraction of sp³-hybridized carbons (Fsp3) is 1.00. The first-order chi connectivity index (χ1) is 7.65. The van der Waals surface area contributed by atoms with E-state index >= 15 is 0 Å². The molecule has 2 atom stereocenters. The average Bonchev–Trinajstić information content (AvgIpc) is 2.22. The fourth-order valence-corrected chi connectivity index (χ4v) is 0.851. The maximum absolute atomic E-state index is 10.3. The normalized spacial score (nSPS) is 15.3. The number of nitro groups is 2. The number of alkyl halides is 2. The van der Waals surface area contributed by atoms with Crippen LogP contribution in [0.15, 0.2) is 0 Å². The molecule has 0 rings (SSSR count). The predicted molar refractivity (Wildman–Crippen MR) is 59.3 cm³/mol. The molecule has 0 bridgehead atoms. The largest absolute Gasteiger partial charge is 0.332 e. The van der Waals surface area contributed by atoms with Crippen molar-refractivity contribution in [3.63, 3.8) is 0 Å². The third kappa shape index (κ3) is 7.27. The molecule has 0 heterocycles. The van der Waals surface area contributed by atoms with Gasteiger partial charge < -0.3 is 9.47 Å². The van der Waals surface area contributed by atoms with Crippen LogP contribution < -0.4 is 0 Å². The van der Waals surface area contributed by atoms with Crippen molar-refractivity contribution in [3.8, 4) is 0 Å². The summed E-state index contributed by atoms with van der Waals surface area (Å²) < 4.78 is 7.32. The van der Waals surface area contributed by atoms with Crippen LogP contribution in [0, 0.1) is 20.2 Å². The summed E-state index contributed by atoms with van der Waals surface area (Å²) in [4.78, 5) is 19.4. The van der Waals surface area contributed by atoms with Gasteiger partial charge in [-0.25, -0.2) is 0 Å². The highest BCUT2D eigenvalue weighted by Crippen LogP contribution is 2.25. The second-order valence-corrected chi connectivity index (χ2v) is 4.54. The quantitative estimate of drug-likeness (QED) is 0.290. The molecule has 100 valence electrons. The molecule has 0 aromatic rings. The zero-order chi connectivity index (χ0) is 13.6. The summed E-state index contributed by atoms with van der Waals surface area (Å²) in [6.07, 6.45) is 0. The molecule has 0 N–H and O–H groups in total. The van der Waals surface area contributed by atoms with Crippen molar-refractivity contribution in [1.29, 1.82) is 0 Å². The van der Waals surface area contributed by atoms with Gasteiger partial charge in [0.2, 0.25) is 12.1 Å². The summed E-state index contributed by atoms with van der Waals surface area (Å²) in [7, 11) is 0. The Hall–Kier alpha value is -0.700. The molecule has 0 aromatic carbocycles. The van der Waals surface area contributed by atoms with E-state index in [2.05, 4.69) is 0 Å². The molecule has 0 saturated carbocycles. The van der Waals surface area contributed by atoms with Gasteiger partial charge in [-0.05, 0) is 23.2 Å². The average molecular weight is 291 g/mol. The molecule has 2 unspecified atom stereocenters. The predicted octanol–water partition coefficient (Wildman–Crippen LogP) is 1.44. The van der Waals surface area contributed by atoms with Crippen LogP contribution in [0.4, 0.5) is 0 Å². The number of ether oxygens (including phenoxy) is 2. The van der Waals surface area contributed by atoms with Crippen LogP contribution in [0.2, 0.25) is 0 Å². The highest BCUT2D eigenvalue weighted by molar-refractivity contribution is 6.46. The maximum atomic E-state index is 10.3. The van der Waals surface area contributed by atoms with E-state index in [1.54, 1.807) is 0 Å². The van der Waals surface area contributed by atoms with Crippen molar-refractivity contribution in [2.45, 2.75) is 30.6 Å². The minimum Gasteiger partial charge on any atom is -0.317 e. The minimum absolute atomic E-state index is 0.368. The summed E-state index contributed by atoms with van der Waals surface area (Å²) in [6.45, 7) is 1.85. The van der Waals surface area contributed by atoms with Crippen molar-refractivity contribution in [3.05, 3.63) is 20.2 Å². The van der Waals surface area contributed by atoms with E-state index in [-0.39, 0.29) is 13.2 Å². The third-order valence-electron chi connectivity index (χ3n) is 1.70. The number of halogens is 2. The molecule has 8 nitrogen and oxygen atoms in total. The van der Waals surface area contributed by atoms with Crippen molar-refractivity contribution < 1.29 is 19.3 Å². The van der Waals surface area contributed by atoms with Crippen molar-refractivity contribution in [2.24, 2.45) is 0 Å². The van der Waals surface area contributed by atoms with Crippen LogP contribution in [0.5, 0.6) is 0 Å². The Labute approximate surface area is 107 Å². The second kappa shape index (κ2) is 6.90. The Morgan fingerprint density at radius 2 is 1.35 bits per heavy atom. The van der Waals surface area contributed by atoms with Gasteiger partial charge in [-0.3, -0.25) is 20.2 Å². The van der Waals surface area contributed by atoms with Gasteiger partial charge in [0.1, 0.15) is 13.2 Å². The SMILES string of the molecule is CC(COC(Cl)(Cl)OCC(C)[N+](=O)[O-])[N+](=O)[O-]. The monoisotopic (exact) mass is 290 g/mol. The maximum Gasteiger partial charge on any atom is 0.332 e. The van der Waals surface area contributed by atoms with Gasteiger partial charge >= 0.3 is 4.71 Å². The van der Waals surface area contributed by atoms with Crippen LogP contribution in [0.25, 0.3) is 0 Å². The molecule has 0 aromatic heterocycles. The molecule has 0 spiro atoms. The van der Waals surface area contributed by atoms with Crippen molar-refractivity contribution >= 4 is 23.2 Å². The Morgan fingerprint density at radius 3 is 1.59 bits per heavy atom. The molecule has 0 radical (unpaired) electrons. The van der Waals surface area contributed by atoms with Gasteiger partial charge in [0, 0.05) is 23.7 Å². The van der Waals surface area contributed by atoms with Gasteiger partial charge in [-0.1, -0.05) is 0 Å². The summed E-state index contributed by atoms with van der Waals surface area (Å²) in [5.74, 6) is 0. The third-order valence-corrected chi connectivity index (χ3v) is 2.14. The molecule has 0 aliphatic carbocycles. The summed E-state index contributed by atoms with van der Waals surface area (Å²) >= 11 is 11.0. The fourth-order valence-electron chi connectivity index (χ4n) is 0.599. The lowest BCUT2D eigenvalue weighted by molar-refractivity contribution is -0.528. The van der Waals surface area contributed by atoms with Crippen LogP contribution in [-0.4, -0.2) is 39.8 Å². The lowest BCUT2D eigenvalue weighted by Crippen LogP contribution is -2.33. The molecule has 0 saturated heterocycles. The van der Waals surface area contributed by atoms with Crippen LogP contribution in [-0.2, 0) is 9.47 Å². The second-order valence-electron chi connectivity index (χ2n) is 3.35. The summed E-state index contributed by atoms with van der Waals surface area (Å²) in [5, 5.41) is 20.6. The highest BCUT2D eigenvalue weighted by Gasteiger charge is 2.31. The summed E-state index contributed by atoms with van der Waals surface area (Å²) in [5.41, 5.74) is 0. The smallest absolute Gasteiger partial charge is 0.317 e. The molecule has 17 heavy (non-hydrogen) atoms. The lowest BCUT2D eigenvalue weighted by atomic mass is 10.4. The molecular formula is C7H12Cl2N2O6. The Balaban J connectivity index is 4.03. The van der Waals surface area contributed by atoms with Crippen molar-refractivity contribution in [1.82, 2.24) is 0 Å². The number of nitrogens with zero attached hydrogens (tertiary/aromatic N) is 2. The minimum atomic E-state index is -2.13. The number of hydrogen-bond acceptors (Lipinski definition) is 6. The standard InChI is InChI=1S/C7H12Cl2N2O6/c1-5(10(12)13)3-16-7(8,9)17-4-6(2)11(14)15/h5-6H,3-4H2,1-2H3. The van der Waals surface area contributed by atoms with Gasteiger partial charge in [0.15, 0.2) is 0 Å². The Morgan fingerprint density at radius 1 is 1.06 bits per heavy atom. The summed E-state index contributed by atoms with van der Waals surface area (Å²) in [6, 6.07) is -2.02. The Kier molecular flexibility index (Phi) is 6.61. The van der Waals surface area contributed by atoms with E-state index in [1.165, 1.54) is 13.8 Å². The number of hydrogen-bond donors (Lipinski definition) is 0.